The van der Waals surface area contributed by atoms with Crippen molar-refractivity contribution in [1.82, 2.24) is 5.32 Å². The van der Waals surface area contributed by atoms with Crippen LogP contribution >= 0.6 is 0 Å². The number of alkyl halides is 3. The summed E-state index contributed by atoms with van der Waals surface area (Å²) in [7, 11) is 0. The number of ether oxygens (including phenoxy) is 2. The van der Waals surface area contributed by atoms with Gasteiger partial charge in [-0.1, -0.05) is 36.4 Å². The number of carbonyl (C=O) groups is 1. The summed E-state index contributed by atoms with van der Waals surface area (Å²) in [6.07, 6.45) is -3.59. The van der Waals surface area contributed by atoms with Crippen molar-refractivity contribution in [3.05, 3.63) is 65.7 Å². The molecule has 0 heterocycles. The topological polar surface area (TPSA) is 47.6 Å². The SMILES string of the molecule is CCOc1ccc(CCNC(=O)/C=C(/c2ccccc2)C(F)(F)F)cc1OCC. The monoisotopic (exact) mass is 407 g/mol. The van der Waals surface area contributed by atoms with Crippen molar-refractivity contribution in [3.8, 4) is 11.5 Å². The van der Waals surface area contributed by atoms with E-state index in [1.54, 1.807) is 12.1 Å². The molecule has 0 aliphatic rings. The number of nitrogens with one attached hydrogen (secondary N) is 1. The van der Waals surface area contributed by atoms with Gasteiger partial charge in [-0.05, 0) is 43.5 Å². The van der Waals surface area contributed by atoms with Crippen LogP contribution < -0.4 is 14.8 Å². The van der Waals surface area contributed by atoms with Gasteiger partial charge in [-0.15, -0.1) is 0 Å². The van der Waals surface area contributed by atoms with Crippen LogP contribution in [0.2, 0.25) is 0 Å². The molecular formula is C22H24F3NO3. The lowest BCUT2D eigenvalue weighted by Gasteiger charge is -2.13. The highest BCUT2D eigenvalue weighted by Crippen LogP contribution is 2.33. The summed E-state index contributed by atoms with van der Waals surface area (Å²) < 4.78 is 50.9. The molecule has 4 nitrogen and oxygen atoms in total. The third-order valence-electron chi connectivity index (χ3n) is 3.99. The smallest absolute Gasteiger partial charge is 0.417 e. The molecule has 0 aliphatic carbocycles. The van der Waals surface area contributed by atoms with Gasteiger partial charge in [0, 0.05) is 12.6 Å². The van der Waals surface area contributed by atoms with Crippen LogP contribution in [0, 0.1) is 0 Å². The fourth-order valence-corrected chi connectivity index (χ4v) is 2.71. The van der Waals surface area contributed by atoms with Crippen molar-refractivity contribution in [2.45, 2.75) is 26.4 Å². The van der Waals surface area contributed by atoms with Crippen molar-refractivity contribution < 1.29 is 27.4 Å². The third-order valence-corrected chi connectivity index (χ3v) is 3.99. The van der Waals surface area contributed by atoms with Crippen LogP contribution in [0.25, 0.3) is 5.57 Å². The minimum Gasteiger partial charge on any atom is -0.490 e. The second-order valence-corrected chi connectivity index (χ2v) is 6.11. The molecule has 1 N–H and O–H groups in total. The standard InChI is InChI=1S/C22H24F3NO3/c1-3-28-19-11-10-16(14-20(19)29-4-2)12-13-26-21(27)15-18(22(23,24)25)17-8-6-5-7-9-17/h5-11,14-15H,3-4,12-13H2,1-2H3,(H,26,27)/b18-15-. The highest BCUT2D eigenvalue weighted by molar-refractivity contribution is 5.96. The van der Waals surface area contributed by atoms with E-state index in [-0.39, 0.29) is 12.1 Å². The van der Waals surface area contributed by atoms with Crippen molar-refractivity contribution in [2.24, 2.45) is 0 Å². The van der Waals surface area contributed by atoms with Gasteiger partial charge in [0.05, 0.1) is 18.8 Å². The minimum atomic E-state index is -4.62. The molecular weight excluding hydrogens is 383 g/mol. The Morgan fingerprint density at radius 1 is 1.00 bits per heavy atom. The van der Waals surface area contributed by atoms with Crippen LogP contribution in [0.1, 0.15) is 25.0 Å². The van der Waals surface area contributed by atoms with E-state index < -0.39 is 17.7 Å². The Kier molecular flexibility index (Phi) is 8.12. The van der Waals surface area contributed by atoms with E-state index in [1.165, 1.54) is 24.3 Å². The van der Waals surface area contributed by atoms with Gasteiger partial charge in [0.2, 0.25) is 5.91 Å². The lowest BCUT2D eigenvalue weighted by atomic mass is 10.1. The van der Waals surface area contributed by atoms with E-state index in [0.717, 1.165) is 5.56 Å². The molecule has 7 heteroatoms. The molecule has 2 aromatic rings. The van der Waals surface area contributed by atoms with Gasteiger partial charge >= 0.3 is 6.18 Å². The molecule has 0 fully saturated rings. The Morgan fingerprint density at radius 3 is 2.28 bits per heavy atom. The number of hydrogen-bond acceptors (Lipinski definition) is 3. The zero-order valence-corrected chi connectivity index (χ0v) is 16.4. The third kappa shape index (κ3) is 6.85. The number of carbonyl (C=O) groups excluding carboxylic acids is 1. The van der Waals surface area contributed by atoms with Crippen molar-refractivity contribution in [3.63, 3.8) is 0 Å². The summed E-state index contributed by atoms with van der Waals surface area (Å²) in [6.45, 7) is 4.90. The fourth-order valence-electron chi connectivity index (χ4n) is 2.71. The maximum absolute atomic E-state index is 13.3. The summed E-state index contributed by atoms with van der Waals surface area (Å²) in [4.78, 5) is 12.0. The Bertz CT molecular complexity index is 833. The average molecular weight is 407 g/mol. The molecule has 0 aliphatic heterocycles. The molecule has 0 saturated carbocycles. The number of benzene rings is 2. The lowest BCUT2D eigenvalue weighted by molar-refractivity contribution is -0.116. The highest BCUT2D eigenvalue weighted by atomic mass is 19.4. The molecule has 156 valence electrons. The van der Waals surface area contributed by atoms with Crippen LogP contribution in [-0.4, -0.2) is 31.8 Å². The van der Waals surface area contributed by atoms with Gasteiger partial charge in [-0.3, -0.25) is 4.79 Å². The van der Waals surface area contributed by atoms with E-state index in [1.807, 2.05) is 26.0 Å². The number of hydrogen-bond donors (Lipinski definition) is 1. The second kappa shape index (κ2) is 10.5. The Morgan fingerprint density at radius 2 is 1.66 bits per heavy atom. The summed E-state index contributed by atoms with van der Waals surface area (Å²) in [5, 5.41) is 2.51. The van der Waals surface area contributed by atoms with Gasteiger partial charge in [-0.25, -0.2) is 0 Å². The van der Waals surface area contributed by atoms with E-state index in [0.29, 0.717) is 37.2 Å². The highest BCUT2D eigenvalue weighted by Gasteiger charge is 2.35. The zero-order valence-electron chi connectivity index (χ0n) is 16.4. The minimum absolute atomic E-state index is 0.0528. The fraction of sp³-hybridized carbons (Fsp3) is 0.318. The average Bonchev–Trinajstić information content (AvgIpc) is 2.68. The first-order valence-electron chi connectivity index (χ1n) is 9.35. The maximum Gasteiger partial charge on any atom is 0.417 e. The molecule has 1 amide bonds. The Balaban J connectivity index is 2.03. The van der Waals surface area contributed by atoms with Crippen LogP contribution in [0.3, 0.4) is 0 Å². The first-order chi connectivity index (χ1) is 13.8. The molecule has 0 bridgehead atoms. The molecule has 29 heavy (non-hydrogen) atoms. The Hall–Kier alpha value is -2.96. The molecule has 0 unspecified atom stereocenters. The molecule has 0 radical (unpaired) electrons. The first kappa shape index (κ1) is 22.3. The summed E-state index contributed by atoms with van der Waals surface area (Å²) in [5.41, 5.74) is -0.154. The number of halogens is 3. The molecule has 0 saturated heterocycles. The second-order valence-electron chi connectivity index (χ2n) is 6.11. The molecule has 0 spiro atoms. The summed E-state index contributed by atoms with van der Waals surface area (Å²) in [5.74, 6) is 0.432. The van der Waals surface area contributed by atoms with Crippen molar-refractivity contribution in [2.75, 3.05) is 19.8 Å². The zero-order chi connectivity index (χ0) is 21.3. The van der Waals surface area contributed by atoms with Crippen molar-refractivity contribution >= 4 is 11.5 Å². The summed E-state index contributed by atoms with van der Waals surface area (Å²) >= 11 is 0. The predicted molar refractivity (Wildman–Crippen MR) is 106 cm³/mol. The Labute approximate surface area is 168 Å². The molecule has 0 atom stereocenters. The van der Waals surface area contributed by atoms with Crippen molar-refractivity contribution in [1.29, 1.82) is 0 Å². The maximum atomic E-state index is 13.3. The van der Waals surface area contributed by atoms with Gasteiger partial charge < -0.3 is 14.8 Å². The largest absolute Gasteiger partial charge is 0.490 e. The van der Waals surface area contributed by atoms with E-state index in [4.69, 9.17) is 9.47 Å². The van der Waals surface area contributed by atoms with E-state index >= 15 is 0 Å². The molecule has 0 aromatic heterocycles. The lowest BCUT2D eigenvalue weighted by Crippen LogP contribution is -2.25. The van der Waals surface area contributed by atoms with Crippen LogP contribution in [0.15, 0.2) is 54.6 Å². The molecule has 2 aromatic carbocycles. The normalized spacial score (nSPS) is 11.8. The number of amides is 1. The first-order valence-corrected chi connectivity index (χ1v) is 9.35. The van der Waals surface area contributed by atoms with Crippen LogP contribution in [-0.2, 0) is 11.2 Å². The summed E-state index contributed by atoms with van der Waals surface area (Å²) in [6, 6.07) is 12.7. The predicted octanol–water partition coefficient (Wildman–Crippen LogP) is 4.79. The number of allylic oxidation sites excluding steroid dienone is 1. The van der Waals surface area contributed by atoms with Crippen LogP contribution in [0.4, 0.5) is 13.2 Å². The van der Waals surface area contributed by atoms with Gasteiger partial charge in [-0.2, -0.15) is 13.2 Å². The van der Waals surface area contributed by atoms with Gasteiger partial charge in [0.15, 0.2) is 11.5 Å². The van der Waals surface area contributed by atoms with Gasteiger partial charge in [0.25, 0.3) is 0 Å². The molecule has 2 rings (SSSR count). The van der Waals surface area contributed by atoms with Crippen LogP contribution in [0.5, 0.6) is 11.5 Å². The number of rotatable bonds is 9. The van der Waals surface area contributed by atoms with E-state index in [9.17, 15) is 18.0 Å². The van der Waals surface area contributed by atoms with E-state index in [2.05, 4.69) is 5.32 Å². The van der Waals surface area contributed by atoms with Gasteiger partial charge in [0.1, 0.15) is 0 Å². The quantitative estimate of drug-likeness (QED) is 0.608.